The van der Waals surface area contributed by atoms with E-state index in [1.54, 1.807) is 31.2 Å². The van der Waals surface area contributed by atoms with Crippen molar-refractivity contribution in [1.82, 2.24) is 0 Å². The Morgan fingerprint density at radius 3 is 2.61 bits per heavy atom. The topological polar surface area (TPSA) is 62.1 Å². The fourth-order valence-electron chi connectivity index (χ4n) is 1.13. The molecule has 0 atom stereocenters. The van der Waals surface area contributed by atoms with E-state index < -0.39 is 5.97 Å². The summed E-state index contributed by atoms with van der Waals surface area (Å²) in [5, 5.41) is 12.3. The molecule has 1 rings (SSSR count). The van der Waals surface area contributed by atoms with Crippen molar-refractivity contribution in [2.24, 2.45) is 0 Å². The van der Waals surface area contributed by atoms with Crippen LogP contribution in [0.3, 0.4) is 0 Å². The number of ether oxygens (including phenoxy) is 1. The van der Waals surface area contributed by atoms with E-state index in [1.807, 2.05) is 0 Å². The van der Waals surface area contributed by atoms with Crippen LogP contribution in [0.15, 0.2) is 30.0 Å². The summed E-state index contributed by atoms with van der Waals surface area (Å²) in [7, 11) is 0. The molecule has 0 saturated carbocycles. The Bertz CT molecular complexity index is 501. The van der Waals surface area contributed by atoms with E-state index in [4.69, 9.17) is 33.2 Å². The number of hydrogen-bond acceptors (Lipinski definition) is 4. The lowest BCUT2D eigenvalue weighted by Crippen LogP contribution is -2.08. The lowest BCUT2D eigenvalue weighted by atomic mass is 10.3. The van der Waals surface area contributed by atoms with Crippen LogP contribution in [0.2, 0.25) is 10.0 Å². The monoisotopic (exact) mass is 284 g/mol. The molecule has 0 aromatic heterocycles. The molecule has 94 valence electrons. The molecule has 0 saturated heterocycles. The zero-order valence-corrected chi connectivity index (χ0v) is 11.0. The summed E-state index contributed by atoms with van der Waals surface area (Å²) in [6.45, 7) is 1.86. The second kappa shape index (κ2) is 6.90. The predicted octanol–water partition coefficient (Wildman–Crippen LogP) is 3.38. The highest BCUT2D eigenvalue weighted by Gasteiger charge is 2.10. The van der Waals surface area contributed by atoms with Gasteiger partial charge in [0.1, 0.15) is 6.07 Å². The SMILES string of the molecule is CCOC(=O)/C(C#N)=C/Nc1c(Cl)cccc1Cl. The van der Waals surface area contributed by atoms with Gasteiger partial charge in [0.15, 0.2) is 5.57 Å². The van der Waals surface area contributed by atoms with Gasteiger partial charge in [0.2, 0.25) is 0 Å². The Hall–Kier alpha value is -1.70. The lowest BCUT2D eigenvalue weighted by molar-refractivity contribution is -0.138. The second-order valence-corrected chi connectivity index (χ2v) is 3.95. The highest BCUT2D eigenvalue weighted by atomic mass is 35.5. The van der Waals surface area contributed by atoms with Crippen molar-refractivity contribution < 1.29 is 9.53 Å². The molecule has 1 N–H and O–H groups in total. The molecule has 0 spiro atoms. The Kier molecular flexibility index (Phi) is 5.50. The molecule has 0 aliphatic heterocycles. The van der Waals surface area contributed by atoms with Crippen molar-refractivity contribution in [3.63, 3.8) is 0 Å². The summed E-state index contributed by atoms with van der Waals surface area (Å²) in [6.07, 6.45) is 1.21. The zero-order chi connectivity index (χ0) is 13.5. The first kappa shape index (κ1) is 14.4. The molecule has 0 unspecified atom stereocenters. The number of benzene rings is 1. The molecule has 0 bridgehead atoms. The highest BCUT2D eigenvalue weighted by Crippen LogP contribution is 2.29. The van der Waals surface area contributed by atoms with Crippen LogP contribution in [0.4, 0.5) is 5.69 Å². The molecule has 0 fully saturated rings. The minimum atomic E-state index is -0.698. The van der Waals surface area contributed by atoms with Crippen molar-refractivity contribution in [3.05, 3.63) is 40.0 Å². The number of para-hydroxylation sites is 1. The molecule has 0 amide bonds. The van der Waals surface area contributed by atoms with Crippen molar-refractivity contribution in [1.29, 1.82) is 5.26 Å². The predicted molar refractivity (Wildman–Crippen MR) is 70.4 cm³/mol. The van der Waals surface area contributed by atoms with Crippen LogP contribution in [-0.2, 0) is 9.53 Å². The smallest absolute Gasteiger partial charge is 0.350 e. The Balaban J connectivity index is 2.91. The molecule has 4 nitrogen and oxygen atoms in total. The van der Waals surface area contributed by atoms with Gasteiger partial charge in [-0.15, -0.1) is 0 Å². The van der Waals surface area contributed by atoms with Crippen molar-refractivity contribution in [2.45, 2.75) is 6.92 Å². The molecule has 0 radical (unpaired) electrons. The van der Waals surface area contributed by atoms with Crippen LogP contribution >= 0.6 is 23.2 Å². The largest absolute Gasteiger partial charge is 0.462 e. The van der Waals surface area contributed by atoms with Crippen molar-refractivity contribution in [3.8, 4) is 6.07 Å². The van der Waals surface area contributed by atoms with Crippen LogP contribution in [0.1, 0.15) is 6.92 Å². The fourth-order valence-corrected chi connectivity index (χ4v) is 1.63. The molecule has 6 heteroatoms. The van der Waals surface area contributed by atoms with Gasteiger partial charge >= 0.3 is 5.97 Å². The summed E-state index contributed by atoms with van der Waals surface area (Å²) < 4.78 is 4.71. The average Bonchev–Trinajstić information content (AvgIpc) is 2.33. The van der Waals surface area contributed by atoms with Gasteiger partial charge in [0.25, 0.3) is 0 Å². The number of anilines is 1. The van der Waals surface area contributed by atoms with Gasteiger partial charge in [-0.2, -0.15) is 5.26 Å². The van der Waals surface area contributed by atoms with E-state index in [2.05, 4.69) is 5.32 Å². The third kappa shape index (κ3) is 3.66. The number of nitriles is 1. The number of halogens is 2. The van der Waals surface area contributed by atoms with Crippen LogP contribution in [0.25, 0.3) is 0 Å². The summed E-state index contributed by atoms with van der Waals surface area (Å²) in [6, 6.07) is 6.70. The third-order valence-electron chi connectivity index (χ3n) is 1.94. The third-order valence-corrected chi connectivity index (χ3v) is 2.57. The van der Waals surface area contributed by atoms with Gasteiger partial charge < -0.3 is 10.1 Å². The zero-order valence-electron chi connectivity index (χ0n) is 9.54. The quantitative estimate of drug-likeness (QED) is 0.523. The van der Waals surface area contributed by atoms with E-state index in [9.17, 15) is 4.79 Å². The van der Waals surface area contributed by atoms with E-state index >= 15 is 0 Å². The summed E-state index contributed by atoms with van der Waals surface area (Å²) in [4.78, 5) is 11.3. The molecule has 1 aromatic carbocycles. The van der Waals surface area contributed by atoms with Gasteiger partial charge in [-0.05, 0) is 19.1 Å². The maximum Gasteiger partial charge on any atom is 0.350 e. The minimum absolute atomic E-state index is 0.159. The first-order valence-electron chi connectivity index (χ1n) is 5.08. The van der Waals surface area contributed by atoms with Gasteiger partial charge in [0, 0.05) is 6.20 Å². The maximum atomic E-state index is 11.3. The number of rotatable bonds is 4. The summed E-state index contributed by atoms with van der Waals surface area (Å²) in [5.74, 6) is -0.698. The van der Waals surface area contributed by atoms with E-state index in [1.165, 1.54) is 6.20 Å². The molecule has 0 heterocycles. The number of esters is 1. The number of carbonyl (C=O) groups is 1. The first-order valence-corrected chi connectivity index (χ1v) is 5.83. The first-order chi connectivity index (χ1) is 8.60. The van der Waals surface area contributed by atoms with Gasteiger partial charge in [-0.3, -0.25) is 0 Å². The number of nitrogens with zero attached hydrogens (tertiary/aromatic N) is 1. The normalized spacial score (nSPS) is 10.7. The highest BCUT2D eigenvalue weighted by molar-refractivity contribution is 6.39. The number of hydrogen-bond donors (Lipinski definition) is 1. The number of carbonyl (C=O) groups excluding carboxylic acids is 1. The fraction of sp³-hybridized carbons (Fsp3) is 0.167. The lowest BCUT2D eigenvalue weighted by Gasteiger charge is -2.06. The molecule has 0 aliphatic rings. The molecule has 1 aromatic rings. The van der Waals surface area contributed by atoms with E-state index in [0.717, 1.165) is 0 Å². The Labute approximate surface area is 115 Å². The minimum Gasteiger partial charge on any atom is -0.462 e. The molecular formula is C12H10Cl2N2O2. The van der Waals surface area contributed by atoms with E-state index in [-0.39, 0.29) is 12.2 Å². The Morgan fingerprint density at radius 2 is 2.11 bits per heavy atom. The van der Waals surface area contributed by atoms with Gasteiger partial charge in [0.05, 0.1) is 22.3 Å². The van der Waals surface area contributed by atoms with Crippen LogP contribution < -0.4 is 5.32 Å². The van der Waals surface area contributed by atoms with Crippen LogP contribution in [0, 0.1) is 11.3 Å². The summed E-state index contributed by atoms with van der Waals surface area (Å²) in [5.41, 5.74) is 0.269. The van der Waals surface area contributed by atoms with Crippen molar-refractivity contribution in [2.75, 3.05) is 11.9 Å². The van der Waals surface area contributed by atoms with Crippen LogP contribution in [0.5, 0.6) is 0 Å². The van der Waals surface area contributed by atoms with Gasteiger partial charge in [-0.1, -0.05) is 29.3 Å². The molecular weight excluding hydrogens is 275 g/mol. The Morgan fingerprint density at radius 1 is 1.50 bits per heavy atom. The van der Waals surface area contributed by atoms with Gasteiger partial charge in [-0.25, -0.2) is 4.79 Å². The maximum absolute atomic E-state index is 11.3. The van der Waals surface area contributed by atoms with E-state index in [0.29, 0.717) is 15.7 Å². The second-order valence-electron chi connectivity index (χ2n) is 3.13. The molecule has 18 heavy (non-hydrogen) atoms. The molecule has 0 aliphatic carbocycles. The van der Waals surface area contributed by atoms with Crippen molar-refractivity contribution >= 4 is 34.9 Å². The van der Waals surface area contributed by atoms with Crippen LogP contribution in [-0.4, -0.2) is 12.6 Å². The summed E-state index contributed by atoms with van der Waals surface area (Å²) >= 11 is 11.8. The average molecular weight is 285 g/mol. The standard InChI is InChI=1S/C12H10Cl2N2O2/c1-2-18-12(17)8(6-15)7-16-11-9(13)4-3-5-10(11)14/h3-5,7,16H,2H2,1H3/b8-7+. The number of nitrogens with one attached hydrogen (secondary N) is 1.